The largest absolute Gasteiger partial charge is 0.399 e. The third-order valence-electron chi connectivity index (χ3n) is 4.04. The Morgan fingerprint density at radius 1 is 1.21 bits per heavy atom. The van der Waals surface area contributed by atoms with Gasteiger partial charge in [-0.3, -0.25) is 0 Å². The summed E-state index contributed by atoms with van der Waals surface area (Å²) in [5.41, 5.74) is 12.2. The average molecular weight is 252 g/mol. The molecule has 0 spiro atoms. The van der Waals surface area contributed by atoms with Crippen molar-refractivity contribution in [3.8, 4) is 0 Å². The third-order valence-corrected chi connectivity index (χ3v) is 4.04. The molecule has 0 heterocycles. The molecule has 3 N–H and O–H groups in total. The molecule has 0 aromatic heterocycles. The Morgan fingerprint density at radius 2 is 2.05 bits per heavy atom. The van der Waals surface area contributed by atoms with Crippen LogP contribution in [0.15, 0.2) is 42.5 Å². The highest BCUT2D eigenvalue weighted by Crippen LogP contribution is 2.31. The highest BCUT2D eigenvalue weighted by molar-refractivity contribution is 5.44. The molecule has 19 heavy (non-hydrogen) atoms. The lowest BCUT2D eigenvalue weighted by Gasteiger charge is -2.15. The molecule has 0 bridgehead atoms. The van der Waals surface area contributed by atoms with E-state index in [0.29, 0.717) is 6.04 Å². The van der Waals surface area contributed by atoms with E-state index < -0.39 is 0 Å². The summed E-state index contributed by atoms with van der Waals surface area (Å²) in [5.74, 6) is 0. The Morgan fingerprint density at radius 3 is 2.95 bits per heavy atom. The van der Waals surface area contributed by atoms with Gasteiger partial charge in [0.2, 0.25) is 0 Å². The van der Waals surface area contributed by atoms with E-state index in [4.69, 9.17) is 5.73 Å². The molecule has 0 fully saturated rings. The SMILES string of the molecule is Cc1ccc(N)cc1CNC1CCc2ccccc21. The number of hydrogen-bond donors (Lipinski definition) is 2. The number of benzene rings is 2. The molecule has 0 amide bonds. The van der Waals surface area contributed by atoms with Gasteiger partial charge in [0.1, 0.15) is 0 Å². The second kappa shape index (κ2) is 5.06. The Hall–Kier alpha value is -1.80. The molecule has 2 heteroatoms. The van der Waals surface area contributed by atoms with Crippen LogP contribution in [0.4, 0.5) is 5.69 Å². The summed E-state index contributed by atoms with van der Waals surface area (Å²) < 4.78 is 0. The molecule has 1 aliphatic rings. The lowest BCUT2D eigenvalue weighted by atomic mass is 10.1. The minimum absolute atomic E-state index is 0.483. The van der Waals surface area contributed by atoms with Crippen molar-refractivity contribution in [2.24, 2.45) is 0 Å². The minimum atomic E-state index is 0.483. The molecular weight excluding hydrogens is 232 g/mol. The molecule has 0 aliphatic heterocycles. The number of anilines is 1. The quantitative estimate of drug-likeness (QED) is 0.822. The van der Waals surface area contributed by atoms with E-state index in [1.54, 1.807) is 0 Å². The molecule has 0 saturated heterocycles. The monoisotopic (exact) mass is 252 g/mol. The van der Waals surface area contributed by atoms with Gasteiger partial charge in [0.05, 0.1) is 0 Å². The number of rotatable bonds is 3. The Kier molecular flexibility index (Phi) is 3.26. The van der Waals surface area contributed by atoms with Crippen LogP contribution in [0.25, 0.3) is 0 Å². The van der Waals surface area contributed by atoms with Crippen molar-refractivity contribution in [1.29, 1.82) is 0 Å². The fourth-order valence-electron chi connectivity index (χ4n) is 2.88. The van der Waals surface area contributed by atoms with E-state index in [2.05, 4.69) is 48.6 Å². The number of nitrogens with two attached hydrogens (primary N) is 1. The number of aryl methyl sites for hydroxylation is 2. The van der Waals surface area contributed by atoms with Crippen molar-refractivity contribution in [3.05, 3.63) is 64.7 Å². The number of nitrogen functional groups attached to an aromatic ring is 1. The van der Waals surface area contributed by atoms with Crippen LogP contribution in [-0.4, -0.2) is 0 Å². The third kappa shape index (κ3) is 2.49. The van der Waals surface area contributed by atoms with Crippen molar-refractivity contribution < 1.29 is 0 Å². The maximum Gasteiger partial charge on any atom is 0.0329 e. The highest BCUT2D eigenvalue weighted by atomic mass is 14.9. The van der Waals surface area contributed by atoms with E-state index in [9.17, 15) is 0 Å². The van der Waals surface area contributed by atoms with Crippen molar-refractivity contribution in [1.82, 2.24) is 5.32 Å². The Bertz CT molecular complexity index is 590. The van der Waals surface area contributed by atoms with Gasteiger partial charge in [-0.1, -0.05) is 30.3 Å². The van der Waals surface area contributed by atoms with Crippen LogP contribution in [0.5, 0.6) is 0 Å². The van der Waals surface area contributed by atoms with Crippen LogP contribution in [0.3, 0.4) is 0 Å². The van der Waals surface area contributed by atoms with E-state index in [-0.39, 0.29) is 0 Å². The Balaban J connectivity index is 1.72. The molecule has 1 unspecified atom stereocenters. The fourth-order valence-corrected chi connectivity index (χ4v) is 2.88. The molecule has 1 aliphatic carbocycles. The van der Waals surface area contributed by atoms with Gasteiger partial charge in [-0.15, -0.1) is 0 Å². The average Bonchev–Trinajstić information content (AvgIpc) is 2.83. The van der Waals surface area contributed by atoms with Crippen molar-refractivity contribution >= 4 is 5.69 Å². The van der Waals surface area contributed by atoms with Crippen LogP contribution >= 0.6 is 0 Å². The fraction of sp³-hybridized carbons (Fsp3) is 0.294. The molecule has 2 nitrogen and oxygen atoms in total. The first kappa shape index (κ1) is 12.2. The van der Waals surface area contributed by atoms with Gasteiger partial charge >= 0.3 is 0 Å². The smallest absolute Gasteiger partial charge is 0.0329 e. The van der Waals surface area contributed by atoms with E-state index in [1.165, 1.54) is 35.1 Å². The normalized spacial score (nSPS) is 17.4. The van der Waals surface area contributed by atoms with Crippen LogP contribution < -0.4 is 11.1 Å². The number of fused-ring (bicyclic) bond motifs is 1. The molecule has 0 radical (unpaired) electrons. The maximum atomic E-state index is 5.86. The van der Waals surface area contributed by atoms with Crippen LogP contribution in [0.2, 0.25) is 0 Å². The summed E-state index contributed by atoms with van der Waals surface area (Å²) in [6, 6.07) is 15.3. The zero-order valence-corrected chi connectivity index (χ0v) is 11.3. The van der Waals surface area contributed by atoms with Gasteiger partial charge in [0.25, 0.3) is 0 Å². The van der Waals surface area contributed by atoms with Crippen LogP contribution in [0.1, 0.15) is 34.7 Å². The lowest BCUT2D eigenvalue weighted by molar-refractivity contribution is 0.529. The predicted molar refractivity (Wildman–Crippen MR) is 79.9 cm³/mol. The molecule has 3 rings (SSSR count). The summed E-state index contributed by atoms with van der Waals surface area (Å²) in [4.78, 5) is 0. The van der Waals surface area contributed by atoms with Gasteiger partial charge in [-0.25, -0.2) is 0 Å². The first-order chi connectivity index (χ1) is 9.24. The summed E-state index contributed by atoms with van der Waals surface area (Å²) in [6.45, 7) is 3.02. The van der Waals surface area contributed by atoms with Crippen LogP contribution in [0, 0.1) is 6.92 Å². The predicted octanol–water partition coefficient (Wildman–Crippen LogP) is 3.35. The standard InChI is InChI=1S/C17H20N2/c1-12-6-8-15(18)10-14(12)11-19-17-9-7-13-4-2-3-5-16(13)17/h2-6,8,10,17,19H,7,9,11,18H2,1H3. The van der Waals surface area contributed by atoms with Gasteiger partial charge < -0.3 is 11.1 Å². The van der Waals surface area contributed by atoms with Gasteiger partial charge in [-0.2, -0.15) is 0 Å². The van der Waals surface area contributed by atoms with E-state index in [0.717, 1.165) is 12.2 Å². The summed E-state index contributed by atoms with van der Waals surface area (Å²) in [6.07, 6.45) is 2.38. The zero-order valence-electron chi connectivity index (χ0n) is 11.3. The topological polar surface area (TPSA) is 38.0 Å². The molecular formula is C17H20N2. The van der Waals surface area contributed by atoms with Gasteiger partial charge in [-0.05, 0) is 54.2 Å². The molecule has 98 valence electrons. The summed E-state index contributed by atoms with van der Waals surface area (Å²) >= 11 is 0. The summed E-state index contributed by atoms with van der Waals surface area (Å²) in [7, 11) is 0. The number of nitrogens with one attached hydrogen (secondary N) is 1. The molecule has 1 atom stereocenters. The van der Waals surface area contributed by atoms with E-state index >= 15 is 0 Å². The maximum absolute atomic E-state index is 5.86. The second-order valence-corrected chi connectivity index (χ2v) is 5.36. The van der Waals surface area contributed by atoms with Crippen molar-refractivity contribution in [3.63, 3.8) is 0 Å². The van der Waals surface area contributed by atoms with Gasteiger partial charge in [0.15, 0.2) is 0 Å². The van der Waals surface area contributed by atoms with Crippen LogP contribution in [-0.2, 0) is 13.0 Å². The van der Waals surface area contributed by atoms with Crippen molar-refractivity contribution in [2.75, 3.05) is 5.73 Å². The van der Waals surface area contributed by atoms with Gasteiger partial charge in [0, 0.05) is 18.3 Å². The molecule has 2 aromatic carbocycles. The molecule has 0 saturated carbocycles. The second-order valence-electron chi connectivity index (χ2n) is 5.36. The zero-order chi connectivity index (χ0) is 13.2. The first-order valence-electron chi connectivity index (χ1n) is 6.90. The number of hydrogen-bond acceptors (Lipinski definition) is 2. The first-order valence-corrected chi connectivity index (χ1v) is 6.90. The Labute approximate surface area is 114 Å². The summed E-state index contributed by atoms with van der Waals surface area (Å²) in [5, 5.41) is 3.67. The van der Waals surface area contributed by atoms with Crippen molar-refractivity contribution in [2.45, 2.75) is 32.4 Å². The molecule has 2 aromatic rings. The lowest BCUT2D eigenvalue weighted by Crippen LogP contribution is -2.19. The highest BCUT2D eigenvalue weighted by Gasteiger charge is 2.21. The minimum Gasteiger partial charge on any atom is -0.399 e. The van der Waals surface area contributed by atoms with E-state index in [1.807, 2.05) is 6.07 Å².